The molecule has 0 saturated heterocycles. The van der Waals surface area contributed by atoms with E-state index in [1.807, 2.05) is 32.0 Å². The van der Waals surface area contributed by atoms with E-state index in [0.717, 1.165) is 11.1 Å². The molecule has 1 amide bonds. The normalized spacial score (nSPS) is 16.6. The number of anilines is 1. The molecule has 0 saturated carbocycles. The molecule has 0 radical (unpaired) electrons. The number of phenols is 1. The van der Waals surface area contributed by atoms with Crippen LogP contribution in [0.4, 0.5) is 5.69 Å². The predicted molar refractivity (Wildman–Crippen MR) is 113 cm³/mol. The van der Waals surface area contributed by atoms with Crippen molar-refractivity contribution in [2.45, 2.75) is 19.9 Å². The average molecular weight is 405 g/mol. The van der Waals surface area contributed by atoms with E-state index in [1.54, 1.807) is 29.6 Å². The summed E-state index contributed by atoms with van der Waals surface area (Å²) in [5.74, 6) is -1.46. The number of hydrogen-bond acceptors (Lipinski definition) is 5. The van der Waals surface area contributed by atoms with Gasteiger partial charge in [-0.2, -0.15) is 0 Å². The first kappa shape index (κ1) is 19.0. The van der Waals surface area contributed by atoms with Gasteiger partial charge in [-0.05, 0) is 54.6 Å². The fraction of sp³-hybridized carbons (Fsp3) is 0.130. The summed E-state index contributed by atoms with van der Waals surface area (Å²) in [6, 6.07) is 14.6. The van der Waals surface area contributed by atoms with Crippen molar-refractivity contribution in [2.75, 3.05) is 4.90 Å². The Morgan fingerprint density at radius 1 is 1.03 bits per heavy atom. The summed E-state index contributed by atoms with van der Waals surface area (Å²) in [4.78, 5) is 28.2. The second kappa shape index (κ2) is 7.22. The molecule has 6 heteroatoms. The summed E-state index contributed by atoms with van der Waals surface area (Å²) in [6.45, 7) is 3.85. The van der Waals surface area contributed by atoms with Gasteiger partial charge in [0.25, 0.3) is 5.91 Å². The minimum Gasteiger partial charge on any atom is -0.508 e. The topological polar surface area (TPSA) is 77.8 Å². The van der Waals surface area contributed by atoms with E-state index in [1.165, 1.54) is 28.4 Å². The maximum atomic E-state index is 13.2. The smallest absolute Gasteiger partial charge is 0.294 e. The Hall–Kier alpha value is -3.38. The van der Waals surface area contributed by atoms with Crippen LogP contribution in [-0.4, -0.2) is 21.9 Å². The highest BCUT2D eigenvalue weighted by atomic mass is 32.1. The molecule has 146 valence electrons. The number of Topliss-reactive ketones (excluding diaryl/α,β-unsaturated/α-hetero) is 1. The number of benzene rings is 2. The quantitative estimate of drug-likeness (QED) is 0.608. The van der Waals surface area contributed by atoms with Gasteiger partial charge in [-0.25, -0.2) is 0 Å². The van der Waals surface area contributed by atoms with Crippen molar-refractivity contribution in [3.8, 4) is 5.75 Å². The zero-order valence-corrected chi connectivity index (χ0v) is 16.7. The molecular formula is C23H19NO4S. The van der Waals surface area contributed by atoms with E-state index in [9.17, 15) is 19.8 Å². The lowest BCUT2D eigenvalue weighted by atomic mass is 9.94. The third-order valence-electron chi connectivity index (χ3n) is 5.02. The van der Waals surface area contributed by atoms with Gasteiger partial charge in [0.15, 0.2) is 5.76 Å². The molecule has 2 N–H and O–H groups in total. The SMILES string of the molecule is Cc1ccc(N2C(=O)C(O)=C(C(=O)c3cccs3)C2c2ccc(O)cc2)c(C)c1. The highest BCUT2D eigenvalue weighted by Crippen LogP contribution is 2.43. The van der Waals surface area contributed by atoms with Crippen molar-refractivity contribution in [3.05, 3.63) is 92.9 Å². The van der Waals surface area contributed by atoms with Crippen LogP contribution in [0.15, 0.2) is 71.3 Å². The molecule has 0 spiro atoms. The van der Waals surface area contributed by atoms with Crippen LogP contribution < -0.4 is 4.90 Å². The number of thiophene rings is 1. The molecule has 3 aromatic rings. The fourth-order valence-corrected chi connectivity index (χ4v) is 4.35. The summed E-state index contributed by atoms with van der Waals surface area (Å²) in [7, 11) is 0. The van der Waals surface area contributed by atoms with Crippen LogP contribution in [0.1, 0.15) is 32.4 Å². The third-order valence-corrected chi connectivity index (χ3v) is 5.89. The van der Waals surface area contributed by atoms with Crippen molar-refractivity contribution in [3.63, 3.8) is 0 Å². The Morgan fingerprint density at radius 3 is 2.38 bits per heavy atom. The minimum absolute atomic E-state index is 0.0446. The molecule has 29 heavy (non-hydrogen) atoms. The third kappa shape index (κ3) is 3.21. The highest BCUT2D eigenvalue weighted by Gasteiger charge is 2.45. The van der Waals surface area contributed by atoms with Crippen molar-refractivity contribution >= 4 is 28.7 Å². The number of aromatic hydroxyl groups is 1. The van der Waals surface area contributed by atoms with Crippen LogP contribution in [0.25, 0.3) is 0 Å². The lowest BCUT2D eigenvalue weighted by Crippen LogP contribution is -2.31. The Kier molecular flexibility index (Phi) is 4.72. The number of amides is 1. The van der Waals surface area contributed by atoms with Crippen LogP contribution in [-0.2, 0) is 4.79 Å². The first-order chi connectivity index (χ1) is 13.9. The Bertz CT molecular complexity index is 1130. The summed E-state index contributed by atoms with van der Waals surface area (Å²) in [6.07, 6.45) is 0. The average Bonchev–Trinajstić information content (AvgIpc) is 3.31. The Morgan fingerprint density at radius 2 is 1.76 bits per heavy atom. The van der Waals surface area contributed by atoms with Crippen molar-refractivity contribution in [1.82, 2.24) is 0 Å². The van der Waals surface area contributed by atoms with E-state index in [2.05, 4.69) is 0 Å². The molecule has 1 aliphatic rings. The lowest BCUT2D eigenvalue weighted by molar-refractivity contribution is -0.117. The molecule has 2 aromatic carbocycles. The molecule has 1 aromatic heterocycles. The maximum Gasteiger partial charge on any atom is 0.294 e. The van der Waals surface area contributed by atoms with E-state index in [4.69, 9.17) is 0 Å². The summed E-state index contributed by atoms with van der Waals surface area (Å²) >= 11 is 1.26. The highest BCUT2D eigenvalue weighted by molar-refractivity contribution is 7.12. The molecule has 4 rings (SSSR count). The van der Waals surface area contributed by atoms with E-state index in [-0.39, 0.29) is 17.1 Å². The molecule has 0 aliphatic carbocycles. The van der Waals surface area contributed by atoms with Gasteiger partial charge in [0, 0.05) is 5.69 Å². The lowest BCUT2D eigenvalue weighted by Gasteiger charge is -2.28. The van der Waals surface area contributed by atoms with Gasteiger partial charge in [-0.1, -0.05) is 35.9 Å². The molecule has 0 fully saturated rings. The van der Waals surface area contributed by atoms with Crippen LogP contribution in [0, 0.1) is 13.8 Å². The van der Waals surface area contributed by atoms with Crippen LogP contribution >= 0.6 is 11.3 Å². The second-order valence-corrected chi connectivity index (χ2v) is 7.98. The zero-order valence-electron chi connectivity index (χ0n) is 15.9. The van der Waals surface area contributed by atoms with Gasteiger partial charge in [0.05, 0.1) is 16.5 Å². The van der Waals surface area contributed by atoms with Gasteiger partial charge < -0.3 is 10.2 Å². The number of aliphatic hydroxyl groups excluding tert-OH is 1. The molecule has 1 unspecified atom stereocenters. The van der Waals surface area contributed by atoms with Crippen LogP contribution in [0.2, 0.25) is 0 Å². The largest absolute Gasteiger partial charge is 0.508 e. The number of nitrogens with zero attached hydrogens (tertiary/aromatic N) is 1. The van der Waals surface area contributed by atoms with Gasteiger partial charge in [-0.15, -0.1) is 11.3 Å². The Labute approximate surface area is 172 Å². The second-order valence-electron chi connectivity index (χ2n) is 7.03. The number of carbonyl (C=O) groups excluding carboxylic acids is 2. The Balaban J connectivity index is 1.91. The van der Waals surface area contributed by atoms with Gasteiger partial charge in [-0.3, -0.25) is 14.5 Å². The van der Waals surface area contributed by atoms with Gasteiger partial charge in [0.1, 0.15) is 5.75 Å². The number of rotatable bonds is 4. The first-order valence-corrected chi connectivity index (χ1v) is 9.97. The molecule has 1 aliphatic heterocycles. The summed E-state index contributed by atoms with van der Waals surface area (Å²) in [5.41, 5.74) is 3.20. The van der Waals surface area contributed by atoms with Crippen molar-refractivity contribution in [2.24, 2.45) is 0 Å². The van der Waals surface area contributed by atoms with Gasteiger partial charge >= 0.3 is 0 Å². The molecule has 5 nitrogen and oxygen atoms in total. The number of phenolic OH excluding ortho intramolecular Hbond substituents is 1. The monoisotopic (exact) mass is 405 g/mol. The zero-order chi connectivity index (χ0) is 20.7. The van der Waals surface area contributed by atoms with Crippen molar-refractivity contribution in [1.29, 1.82) is 0 Å². The number of carbonyl (C=O) groups is 2. The molecule has 0 bridgehead atoms. The maximum absolute atomic E-state index is 13.2. The van der Waals surface area contributed by atoms with E-state index in [0.29, 0.717) is 16.1 Å². The van der Waals surface area contributed by atoms with E-state index >= 15 is 0 Å². The van der Waals surface area contributed by atoms with Crippen LogP contribution in [0.3, 0.4) is 0 Å². The number of aryl methyl sites for hydroxylation is 2. The fourth-order valence-electron chi connectivity index (χ4n) is 3.67. The van der Waals surface area contributed by atoms with Gasteiger partial charge in [0.2, 0.25) is 5.78 Å². The standard InChI is InChI=1S/C23H19NO4S/c1-13-5-10-17(14(2)12-13)24-20(15-6-8-16(25)9-7-15)19(22(27)23(24)28)21(26)18-4-3-11-29-18/h3-12,20,25,27H,1-2H3. The van der Waals surface area contributed by atoms with Crippen molar-refractivity contribution < 1.29 is 19.8 Å². The number of ketones is 1. The molecule has 1 atom stereocenters. The van der Waals surface area contributed by atoms with Crippen LogP contribution in [0.5, 0.6) is 5.75 Å². The number of hydrogen-bond donors (Lipinski definition) is 2. The number of aliphatic hydroxyl groups is 1. The predicted octanol–water partition coefficient (Wildman–Crippen LogP) is 4.85. The minimum atomic E-state index is -0.792. The summed E-state index contributed by atoms with van der Waals surface area (Å²) in [5, 5.41) is 22.2. The molecule has 2 heterocycles. The molecular weight excluding hydrogens is 386 g/mol. The summed E-state index contributed by atoms with van der Waals surface area (Å²) < 4.78 is 0. The van der Waals surface area contributed by atoms with E-state index < -0.39 is 17.7 Å². The first-order valence-electron chi connectivity index (χ1n) is 9.09.